The largest absolute Gasteiger partial charge is 0.217 e. The summed E-state index contributed by atoms with van der Waals surface area (Å²) >= 11 is 1.67. The van der Waals surface area contributed by atoms with Gasteiger partial charge in [-0.1, -0.05) is 37.5 Å². The van der Waals surface area contributed by atoms with E-state index in [2.05, 4.69) is 0 Å². The average Bonchev–Trinajstić information content (AvgIpc) is 2.83. The number of benzene rings is 1. The van der Waals surface area contributed by atoms with Crippen molar-refractivity contribution in [3.05, 3.63) is 35.6 Å². The van der Waals surface area contributed by atoms with Gasteiger partial charge in [-0.25, -0.2) is 17.1 Å². The normalized spacial score (nSPS) is 25.2. The Morgan fingerprint density at radius 2 is 1.78 bits per heavy atom. The van der Waals surface area contributed by atoms with E-state index in [-0.39, 0.29) is 16.3 Å². The van der Waals surface area contributed by atoms with E-state index in [4.69, 9.17) is 0 Å². The summed E-state index contributed by atoms with van der Waals surface area (Å²) in [6, 6.07) is 6.84. The number of nitrogens with zero attached hydrogens (tertiary/aromatic N) is 1. The molecule has 128 valence electrons. The number of rotatable bonds is 3. The summed E-state index contributed by atoms with van der Waals surface area (Å²) in [5, 5.41) is -0.158. The van der Waals surface area contributed by atoms with E-state index in [1.165, 1.54) is 6.07 Å². The molecule has 1 aliphatic heterocycles. The maximum atomic E-state index is 14.0. The predicted molar refractivity (Wildman–Crippen MR) is 93.6 cm³/mol. The van der Waals surface area contributed by atoms with Crippen LogP contribution < -0.4 is 0 Å². The molecule has 0 N–H and O–H groups in total. The number of halogens is 1. The fourth-order valence-corrected chi connectivity index (χ4v) is 6.99. The number of hydrogen-bond acceptors (Lipinski definition) is 3. The Bertz CT molecular complexity index is 629. The lowest BCUT2D eigenvalue weighted by molar-refractivity contribution is 0.398. The number of thioether (sulfide) groups is 1. The maximum Gasteiger partial charge on any atom is 0.217 e. The molecule has 1 aliphatic carbocycles. The highest BCUT2D eigenvalue weighted by atomic mass is 32.2. The molecule has 23 heavy (non-hydrogen) atoms. The molecule has 1 saturated carbocycles. The van der Waals surface area contributed by atoms with Crippen LogP contribution in [0.3, 0.4) is 0 Å². The first-order chi connectivity index (χ1) is 11.1. The number of sulfonamides is 1. The van der Waals surface area contributed by atoms with Crippen molar-refractivity contribution in [3.8, 4) is 0 Å². The third-order valence-electron chi connectivity index (χ3n) is 4.89. The molecule has 6 heteroatoms. The second-order valence-electron chi connectivity index (χ2n) is 6.37. The van der Waals surface area contributed by atoms with Gasteiger partial charge in [0.2, 0.25) is 10.0 Å². The van der Waals surface area contributed by atoms with Gasteiger partial charge in [0, 0.05) is 29.7 Å². The molecule has 1 heterocycles. The lowest BCUT2D eigenvalue weighted by atomic mass is 10.0. The molecule has 3 nitrogen and oxygen atoms in total. The summed E-state index contributed by atoms with van der Waals surface area (Å²) in [6.45, 7) is 1.05. The summed E-state index contributed by atoms with van der Waals surface area (Å²) in [7, 11) is -3.20. The molecule has 1 atom stereocenters. The lowest BCUT2D eigenvalue weighted by Gasteiger charge is -2.28. The zero-order valence-corrected chi connectivity index (χ0v) is 14.9. The van der Waals surface area contributed by atoms with Gasteiger partial charge in [-0.3, -0.25) is 0 Å². The second-order valence-corrected chi connectivity index (χ2v) is 9.90. The van der Waals surface area contributed by atoms with E-state index < -0.39 is 10.0 Å². The van der Waals surface area contributed by atoms with Crippen LogP contribution in [-0.4, -0.2) is 36.8 Å². The molecule has 3 rings (SSSR count). The van der Waals surface area contributed by atoms with Gasteiger partial charge in [0.05, 0.1) is 5.25 Å². The maximum absolute atomic E-state index is 14.0. The Morgan fingerprint density at radius 1 is 1.04 bits per heavy atom. The Morgan fingerprint density at radius 3 is 2.52 bits per heavy atom. The fourth-order valence-electron chi connectivity index (χ4n) is 3.56. The minimum Gasteiger partial charge on any atom is -0.212 e. The van der Waals surface area contributed by atoms with Crippen LogP contribution in [0.4, 0.5) is 4.39 Å². The molecule has 1 saturated heterocycles. The van der Waals surface area contributed by atoms with Crippen LogP contribution in [0.2, 0.25) is 0 Å². The van der Waals surface area contributed by atoms with Gasteiger partial charge in [-0.2, -0.15) is 11.8 Å². The van der Waals surface area contributed by atoms with E-state index in [9.17, 15) is 12.8 Å². The smallest absolute Gasteiger partial charge is 0.212 e. The molecule has 1 aromatic carbocycles. The van der Waals surface area contributed by atoms with Crippen molar-refractivity contribution < 1.29 is 12.8 Å². The van der Waals surface area contributed by atoms with Gasteiger partial charge in [0.1, 0.15) is 5.82 Å². The zero-order valence-electron chi connectivity index (χ0n) is 13.3. The van der Waals surface area contributed by atoms with Crippen molar-refractivity contribution in [3.63, 3.8) is 0 Å². The van der Waals surface area contributed by atoms with Crippen LogP contribution in [0.15, 0.2) is 24.3 Å². The molecule has 0 radical (unpaired) electrons. The quantitative estimate of drug-likeness (QED) is 0.821. The first-order valence-electron chi connectivity index (χ1n) is 8.44. The van der Waals surface area contributed by atoms with Gasteiger partial charge in [-0.15, -0.1) is 0 Å². The first kappa shape index (κ1) is 17.2. The van der Waals surface area contributed by atoms with Gasteiger partial charge >= 0.3 is 0 Å². The summed E-state index contributed by atoms with van der Waals surface area (Å²) in [5.41, 5.74) is 0.703. The van der Waals surface area contributed by atoms with Gasteiger partial charge in [0.25, 0.3) is 0 Å². The zero-order chi connectivity index (χ0) is 16.3. The highest BCUT2D eigenvalue weighted by molar-refractivity contribution is 7.99. The summed E-state index contributed by atoms with van der Waals surface area (Å²) < 4.78 is 41.3. The molecule has 0 bridgehead atoms. The highest BCUT2D eigenvalue weighted by Crippen LogP contribution is 2.37. The molecule has 0 amide bonds. The molecular formula is C17H24FNO2S2. The van der Waals surface area contributed by atoms with E-state index in [0.717, 1.165) is 37.9 Å². The van der Waals surface area contributed by atoms with Crippen molar-refractivity contribution >= 4 is 21.8 Å². The molecule has 2 fully saturated rings. The molecular weight excluding hydrogens is 333 g/mol. The Labute approximate surface area is 142 Å². The third kappa shape index (κ3) is 3.91. The minimum absolute atomic E-state index is 0.0442. The first-order valence-corrected chi connectivity index (χ1v) is 11.0. The molecule has 0 aromatic heterocycles. The van der Waals surface area contributed by atoms with Crippen molar-refractivity contribution in [1.82, 2.24) is 4.31 Å². The van der Waals surface area contributed by atoms with E-state index in [1.54, 1.807) is 22.1 Å². The SMILES string of the molecule is O=S(=O)(C1CCCCC1)N1CCS[C@H](c2ccccc2F)CC1. The Balaban J connectivity index is 1.70. The van der Waals surface area contributed by atoms with Crippen LogP contribution >= 0.6 is 11.8 Å². The van der Waals surface area contributed by atoms with E-state index >= 15 is 0 Å². The highest BCUT2D eigenvalue weighted by Gasteiger charge is 2.34. The Hall–Kier alpha value is -0.590. The second kappa shape index (κ2) is 7.53. The number of hydrogen-bond donors (Lipinski definition) is 0. The van der Waals surface area contributed by atoms with Crippen LogP contribution in [-0.2, 0) is 10.0 Å². The van der Waals surface area contributed by atoms with E-state index in [0.29, 0.717) is 25.1 Å². The van der Waals surface area contributed by atoms with Crippen molar-refractivity contribution in [2.45, 2.75) is 49.0 Å². The van der Waals surface area contributed by atoms with Gasteiger partial charge in [-0.05, 0) is 25.3 Å². The topological polar surface area (TPSA) is 37.4 Å². The summed E-state index contributed by atoms with van der Waals surface area (Å²) in [6.07, 6.45) is 5.45. The van der Waals surface area contributed by atoms with Crippen LogP contribution in [0, 0.1) is 5.82 Å². The minimum atomic E-state index is -3.20. The summed E-state index contributed by atoms with van der Waals surface area (Å²) in [4.78, 5) is 0. The van der Waals surface area contributed by atoms with Crippen LogP contribution in [0.1, 0.15) is 49.3 Å². The van der Waals surface area contributed by atoms with Crippen molar-refractivity contribution in [1.29, 1.82) is 0 Å². The molecule has 0 spiro atoms. The third-order valence-corrected chi connectivity index (χ3v) is 8.59. The molecule has 2 aliphatic rings. The van der Waals surface area contributed by atoms with Crippen molar-refractivity contribution in [2.75, 3.05) is 18.8 Å². The Kier molecular flexibility index (Phi) is 5.65. The van der Waals surface area contributed by atoms with Gasteiger partial charge in [0.15, 0.2) is 0 Å². The van der Waals surface area contributed by atoms with Crippen molar-refractivity contribution in [2.24, 2.45) is 0 Å². The molecule has 0 unspecified atom stereocenters. The fraction of sp³-hybridized carbons (Fsp3) is 0.647. The van der Waals surface area contributed by atoms with Gasteiger partial charge < -0.3 is 0 Å². The standard InChI is InChI=1S/C17H24FNO2S2/c18-16-9-5-4-8-15(16)17-10-11-19(12-13-22-17)23(20,21)14-6-2-1-3-7-14/h4-5,8-9,14,17H,1-3,6-7,10-13H2/t17-/m0/s1. The van der Waals surface area contributed by atoms with Crippen LogP contribution in [0.25, 0.3) is 0 Å². The van der Waals surface area contributed by atoms with E-state index in [1.807, 2.05) is 12.1 Å². The average molecular weight is 358 g/mol. The lowest BCUT2D eigenvalue weighted by Crippen LogP contribution is -2.40. The molecule has 1 aromatic rings. The monoisotopic (exact) mass is 357 g/mol. The van der Waals surface area contributed by atoms with Crippen LogP contribution in [0.5, 0.6) is 0 Å². The summed E-state index contributed by atoms with van der Waals surface area (Å²) in [5.74, 6) is 0.541. The predicted octanol–water partition coefficient (Wildman–Crippen LogP) is 3.97.